The molecular formula is C15H20ClN3O2. The van der Waals surface area contributed by atoms with Gasteiger partial charge in [-0.2, -0.15) is 0 Å². The van der Waals surface area contributed by atoms with E-state index in [9.17, 15) is 9.90 Å². The topological polar surface area (TPSA) is 56.7 Å². The Morgan fingerprint density at radius 3 is 2.52 bits per heavy atom. The van der Waals surface area contributed by atoms with Gasteiger partial charge in [-0.25, -0.2) is 0 Å². The van der Waals surface area contributed by atoms with Crippen LogP contribution in [0.1, 0.15) is 25.7 Å². The average Bonchev–Trinajstić information content (AvgIpc) is 2.95. The Morgan fingerprint density at radius 1 is 1.24 bits per heavy atom. The first kappa shape index (κ1) is 14.6. The largest absolute Gasteiger partial charge is 0.380 e. The van der Waals surface area contributed by atoms with Crippen LogP contribution in [0.4, 0.5) is 5.69 Å². The molecule has 1 aliphatic heterocycles. The summed E-state index contributed by atoms with van der Waals surface area (Å²) < 4.78 is 0. The van der Waals surface area contributed by atoms with Gasteiger partial charge in [0, 0.05) is 38.6 Å². The molecule has 6 heteroatoms. The van der Waals surface area contributed by atoms with E-state index in [-0.39, 0.29) is 5.91 Å². The van der Waals surface area contributed by atoms with Crippen molar-refractivity contribution in [3.05, 3.63) is 23.5 Å². The first-order valence-electron chi connectivity index (χ1n) is 7.46. The van der Waals surface area contributed by atoms with Gasteiger partial charge in [0.15, 0.2) is 0 Å². The lowest BCUT2D eigenvalue weighted by Gasteiger charge is -2.39. The van der Waals surface area contributed by atoms with Gasteiger partial charge in [0.2, 0.25) is 0 Å². The predicted octanol–water partition coefficient (Wildman–Crippen LogP) is 1.69. The molecule has 114 valence electrons. The highest BCUT2D eigenvalue weighted by molar-refractivity contribution is 6.33. The normalized spacial score (nSPS) is 21.6. The second kappa shape index (κ2) is 5.81. The molecule has 0 spiro atoms. The summed E-state index contributed by atoms with van der Waals surface area (Å²) in [5.41, 5.74) is -0.158. The first-order valence-corrected chi connectivity index (χ1v) is 7.84. The monoisotopic (exact) mass is 309 g/mol. The third-order valence-electron chi connectivity index (χ3n) is 4.49. The zero-order chi connectivity index (χ0) is 14.9. The molecule has 3 rings (SSSR count). The van der Waals surface area contributed by atoms with Crippen molar-refractivity contribution < 1.29 is 9.90 Å². The number of carbonyl (C=O) groups excluding carboxylic acids is 1. The van der Waals surface area contributed by atoms with Gasteiger partial charge in [-0.1, -0.05) is 11.6 Å². The van der Waals surface area contributed by atoms with Gasteiger partial charge >= 0.3 is 0 Å². The second-order valence-corrected chi connectivity index (χ2v) is 6.25. The summed E-state index contributed by atoms with van der Waals surface area (Å²) in [6, 6.07) is 1.89. The number of rotatable bonds is 2. The molecule has 2 aliphatic rings. The van der Waals surface area contributed by atoms with Gasteiger partial charge in [0.05, 0.1) is 10.7 Å². The zero-order valence-electron chi connectivity index (χ0n) is 12.0. The molecular weight excluding hydrogens is 290 g/mol. The number of hydrogen-bond donors (Lipinski definition) is 1. The Bertz CT molecular complexity index is 523. The van der Waals surface area contributed by atoms with Crippen molar-refractivity contribution in [1.82, 2.24) is 9.88 Å². The van der Waals surface area contributed by atoms with Crippen LogP contribution >= 0.6 is 11.6 Å². The molecule has 0 unspecified atom stereocenters. The van der Waals surface area contributed by atoms with Gasteiger partial charge in [0.25, 0.3) is 5.91 Å². The van der Waals surface area contributed by atoms with Crippen LogP contribution < -0.4 is 4.90 Å². The highest BCUT2D eigenvalue weighted by atomic mass is 35.5. The Morgan fingerprint density at radius 2 is 1.90 bits per heavy atom. The Hall–Kier alpha value is -1.33. The van der Waals surface area contributed by atoms with Crippen molar-refractivity contribution >= 4 is 23.2 Å². The molecule has 0 radical (unpaired) electrons. The van der Waals surface area contributed by atoms with E-state index in [0.29, 0.717) is 31.0 Å². The summed E-state index contributed by atoms with van der Waals surface area (Å²) in [7, 11) is 0. The third-order valence-corrected chi connectivity index (χ3v) is 4.78. The molecule has 0 aromatic carbocycles. The average molecular weight is 310 g/mol. The number of aliphatic hydroxyl groups is 1. The van der Waals surface area contributed by atoms with E-state index in [1.165, 1.54) is 0 Å². The van der Waals surface area contributed by atoms with Gasteiger partial charge in [-0.15, -0.1) is 0 Å². The number of anilines is 1. The van der Waals surface area contributed by atoms with Crippen molar-refractivity contribution in [1.29, 1.82) is 0 Å². The number of halogens is 1. The van der Waals surface area contributed by atoms with Crippen LogP contribution in [0.25, 0.3) is 0 Å². The molecule has 1 aromatic heterocycles. The van der Waals surface area contributed by atoms with Gasteiger partial charge in [-0.05, 0) is 31.7 Å². The summed E-state index contributed by atoms with van der Waals surface area (Å²) in [4.78, 5) is 20.4. The van der Waals surface area contributed by atoms with E-state index in [0.717, 1.165) is 31.6 Å². The van der Waals surface area contributed by atoms with Crippen molar-refractivity contribution in [2.45, 2.75) is 31.3 Å². The Labute approximate surface area is 129 Å². The minimum atomic E-state index is -1.11. The van der Waals surface area contributed by atoms with Crippen LogP contribution in [0.5, 0.6) is 0 Å². The summed E-state index contributed by atoms with van der Waals surface area (Å²) in [6.45, 7) is 2.71. The minimum absolute atomic E-state index is 0.0968. The summed E-state index contributed by atoms with van der Waals surface area (Å²) in [5, 5.41) is 11.0. The maximum Gasteiger partial charge on any atom is 0.254 e. The smallest absolute Gasteiger partial charge is 0.254 e. The first-order chi connectivity index (χ1) is 10.1. The Balaban J connectivity index is 1.63. The molecule has 1 aromatic rings. The zero-order valence-corrected chi connectivity index (χ0v) is 12.7. The number of nitrogens with zero attached hydrogens (tertiary/aromatic N) is 3. The van der Waals surface area contributed by atoms with Crippen molar-refractivity contribution in [3.63, 3.8) is 0 Å². The van der Waals surface area contributed by atoms with Gasteiger partial charge in [0.1, 0.15) is 5.60 Å². The van der Waals surface area contributed by atoms with E-state index >= 15 is 0 Å². The molecule has 1 amide bonds. The fourth-order valence-corrected chi connectivity index (χ4v) is 3.48. The predicted molar refractivity (Wildman–Crippen MR) is 81.5 cm³/mol. The quantitative estimate of drug-likeness (QED) is 0.903. The molecule has 2 fully saturated rings. The minimum Gasteiger partial charge on any atom is -0.380 e. The second-order valence-electron chi connectivity index (χ2n) is 5.85. The molecule has 1 saturated heterocycles. The number of carbonyl (C=O) groups is 1. The van der Waals surface area contributed by atoms with Crippen molar-refractivity contribution in [2.24, 2.45) is 0 Å². The third kappa shape index (κ3) is 2.85. The van der Waals surface area contributed by atoms with Crippen LogP contribution in [-0.4, -0.2) is 52.7 Å². The number of hydrogen-bond acceptors (Lipinski definition) is 4. The van der Waals surface area contributed by atoms with Crippen LogP contribution in [-0.2, 0) is 4.79 Å². The Kier molecular flexibility index (Phi) is 4.04. The number of piperazine rings is 1. The van der Waals surface area contributed by atoms with E-state index in [1.54, 1.807) is 17.3 Å². The van der Waals surface area contributed by atoms with Crippen LogP contribution in [0, 0.1) is 0 Å². The fraction of sp³-hybridized carbons (Fsp3) is 0.600. The molecule has 21 heavy (non-hydrogen) atoms. The van der Waals surface area contributed by atoms with Crippen LogP contribution in [0.15, 0.2) is 18.5 Å². The summed E-state index contributed by atoms with van der Waals surface area (Å²) in [6.07, 6.45) is 6.43. The highest BCUT2D eigenvalue weighted by Crippen LogP contribution is 2.32. The fourth-order valence-electron chi connectivity index (χ4n) is 3.24. The maximum atomic E-state index is 12.5. The van der Waals surface area contributed by atoms with Crippen LogP contribution in [0.3, 0.4) is 0 Å². The van der Waals surface area contributed by atoms with E-state index < -0.39 is 5.60 Å². The van der Waals surface area contributed by atoms with Gasteiger partial charge in [-0.3, -0.25) is 9.78 Å². The summed E-state index contributed by atoms with van der Waals surface area (Å²) in [5.74, 6) is -0.0968. The van der Waals surface area contributed by atoms with E-state index in [1.807, 2.05) is 6.07 Å². The SMILES string of the molecule is O=C(N1CCN(c2ccncc2Cl)CC1)C1(O)CCCC1. The summed E-state index contributed by atoms with van der Waals surface area (Å²) >= 11 is 6.16. The highest BCUT2D eigenvalue weighted by Gasteiger charge is 2.42. The molecule has 1 saturated carbocycles. The molecule has 1 N–H and O–H groups in total. The maximum absolute atomic E-state index is 12.5. The van der Waals surface area contributed by atoms with E-state index in [2.05, 4.69) is 9.88 Å². The molecule has 2 heterocycles. The molecule has 0 atom stereocenters. The lowest BCUT2D eigenvalue weighted by Crippen LogP contribution is -2.55. The molecule has 0 bridgehead atoms. The van der Waals surface area contributed by atoms with E-state index in [4.69, 9.17) is 11.6 Å². The lowest BCUT2D eigenvalue weighted by atomic mass is 10.00. The lowest BCUT2D eigenvalue weighted by molar-refractivity contribution is -0.151. The number of amides is 1. The number of aromatic nitrogens is 1. The van der Waals surface area contributed by atoms with Crippen molar-refractivity contribution in [2.75, 3.05) is 31.1 Å². The molecule has 1 aliphatic carbocycles. The van der Waals surface area contributed by atoms with Crippen molar-refractivity contribution in [3.8, 4) is 0 Å². The standard InChI is InChI=1S/C15H20ClN3O2/c16-12-11-17-6-3-13(12)18-7-9-19(10-8-18)14(20)15(21)4-1-2-5-15/h3,6,11,21H,1-2,4-5,7-10H2. The van der Waals surface area contributed by atoms with Gasteiger partial charge < -0.3 is 14.9 Å². The molecule has 5 nitrogen and oxygen atoms in total. The van der Waals surface area contributed by atoms with Crippen LogP contribution in [0.2, 0.25) is 5.02 Å². The number of pyridine rings is 1.